The Bertz CT molecular complexity index is 1390. The number of methoxy groups -OCH3 is 2. The molecule has 1 aliphatic rings. The zero-order valence-corrected chi connectivity index (χ0v) is 22.9. The highest BCUT2D eigenvalue weighted by Gasteiger charge is 2.34. The first-order chi connectivity index (χ1) is 19.2. The van der Waals surface area contributed by atoms with Crippen molar-refractivity contribution in [3.8, 4) is 22.8 Å². The van der Waals surface area contributed by atoms with Gasteiger partial charge in [0, 0.05) is 43.1 Å². The summed E-state index contributed by atoms with van der Waals surface area (Å²) in [4.78, 5) is 34.7. The molecule has 1 amide bonds. The topological polar surface area (TPSA) is 95.8 Å². The van der Waals surface area contributed by atoms with E-state index in [-0.39, 0.29) is 35.3 Å². The zero-order valence-electron chi connectivity index (χ0n) is 22.1. The number of rotatable bonds is 10. The van der Waals surface area contributed by atoms with Crippen LogP contribution in [0.4, 0.5) is 13.2 Å². The molecule has 0 atom stereocenters. The van der Waals surface area contributed by atoms with Gasteiger partial charge in [-0.25, -0.2) is 9.97 Å². The Morgan fingerprint density at radius 1 is 1.05 bits per heavy atom. The molecular formula is C27H29F3N4O5S. The van der Waals surface area contributed by atoms with Gasteiger partial charge in [-0.1, -0.05) is 17.8 Å². The van der Waals surface area contributed by atoms with E-state index in [0.717, 1.165) is 23.4 Å². The average molecular weight is 579 g/mol. The number of carbonyl (C=O) groups is 1. The van der Waals surface area contributed by atoms with Crippen molar-refractivity contribution in [1.82, 2.24) is 19.4 Å². The summed E-state index contributed by atoms with van der Waals surface area (Å²) in [6.45, 7) is 2.25. The summed E-state index contributed by atoms with van der Waals surface area (Å²) in [5.41, 5.74) is -0.309. The van der Waals surface area contributed by atoms with E-state index in [9.17, 15) is 22.8 Å². The van der Waals surface area contributed by atoms with Gasteiger partial charge in [-0.3, -0.25) is 9.59 Å². The van der Waals surface area contributed by atoms with Gasteiger partial charge in [0.2, 0.25) is 5.91 Å². The lowest BCUT2D eigenvalue weighted by Gasteiger charge is -2.26. The summed E-state index contributed by atoms with van der Waals surface area (Å²) in [5, 5.41) is -0.0544. The van der Waals surface area contributed by atoms with Crippen LogP contribution in [0.1, 0.15) is 24.1 Å². The van der Waals surface area contributed by atoms with Crippen molar-refractivity contribution in [3.05, 3.63) is 64.2 Å². The summed E-state index contributed by atoms with van der Waals surface area (Å²) in [5.74, 6) is 1.38. The summed E-state index contributed by atoms with van der Waals surface area (Å²) in [6, 6.07) is 8.79. The van der Waals surface area contributed by atoms with Crippen LogP contribution in [0.3, 0.4) is 0 Å². The average Bonchev–Trinajstić information content (AvgIpc) is 2.96. The number of nitrogens with zero attached hydrogens (tertiary/aromatic N) is 4. The Kier molecular flexibility index (Phi) is 9.69. The van der Waals surface area contributed by atoms with E-state index in [2.05, 4.69) is 9.97 Å². The first kappa shape index (κ1) is 29.4. The van der Waals surface area contributed by atoms with Crippen LogP contribution in [0.15, 0.2) is 52.5 Å². The van der Waals surface area contributed by atoms with Gasteiger partial charge < -0.3 is 23.7 Å². The van der Waals surface area contributed by atoms with Crippen LogP contribution in [0, 0.1) is 0 Å². The van der Waals surface area contributed by atoms with E-state index >= 15 is 0 Å². The van der Waals surface area contributed by atoms with Crippen molar-refractivity contribution in [3.63, 3.8) is 0 Å². The van der Waals surface area contributed by atoms with Gasteiger partial charge in [0.1, 0.15) is 5.69 Å². The molecule has 2 aromatic heterocycles. The molecule has 3 heterocycles. The molecule has 0 unspecified atom stereocenters. The first-order valence-corrected chi connectivity index (χ1v) is 13.5. The number of thioether (sulfide) groups is 1. The number of amides is 1. The maximum atomic E-state index is 13.7. The van der Waals surface area contributed by atoms with Crippen LogP contribution in [0.5, 0.6) is 11.5 Å². The Morgan fingerprint density at radius 2 is 1.80 bits per heavy atom. The minimum Gasteiger partial charge on any atom is -0.493 e. The second-order valence-electron chi connectivity index (χ2n) is 8.94. The molecule has 0 saturated carbocycles. The number of alkyl halides is 3. The molecule has 214 valence electrons. The molecule has 0 radical (unpaired) electrons. The van der Waals surface area contributed by atoms with Crippen LogP contribution >= 0.6 is 11.8 Å². The van der Waals surface area contributed by atoms with Crippen LogP contribution in [-0.4, -0.2) is 71.6 Å². The molecule has 1 aromatic carbocycles. The van der Waals surface area contributed by atoms with Crippen molar-refractivity contribution in [1.29, 1.82) is 0 Å². The van der Waals surface area contributed by atoms with E-state index in [1.54, 1.807) is 23.1 Å². The number of hydrogen-bond donors (Lipinski definition) is 0. The fourth-order valence-electron chi connectivity index (χ4n) is 4.12. The minimum absolute atomic E-state index is 0.00807. The van der Waals surface area contributed by atoms with Gasteiger partial charge in [-0.05, 0) is 36.2 Å². The monoisotopic (exact) mass is 578 g/mol. The summed E-state index contributed by atoms with van der Waals surface area (Å²) < 4.78 is 58.3. The third-order valence-corrected chi connectivity index (χ3v) is 7.14. The SMILES string of the molecule is COc1ccc(Cn2cc(-c3cc(C(F)(F)F)nc(SCCCC(=O)N4CCOCC4)n3)ccc2=O)cc1OC. The molecule has 1 saturated heterocycles. The number of ether oxygens (including phenoxy) is 3. The zero-order chi connectivity index (χ0) is 28.7. The number of aromatic nitrogens is 3. The highest BCUT2D eigenvalue weighted by molar-refractivity contribution is 7.99. The Labute approximate surface area is 233 Å². The highest BCUT2D eigenvalue weighted by atomic mass is 32.2. The highest BCUT2D eigenvalue weighted by Crippen LogP contribution is 2.32. The maximum Gasteiger partial charge on any atom is 0.433 e. The second kappa shape index (κ2) is 13.2. The molecule has 0 spiro atoms. The predicted octanol–water partition coefficient (Wildman–Crippen LogP) is 4.12. The van der Waals surface area contributed by atoms with Gasteiger partial charge in [0.25, 0.3) is 5.56 Å². The molecule has 1 fully saturated rings. The summed E-state index contributed by atoms with van der Waals surface area (Å²) in [7, 11) is 3.01. The van der Waals surface area contributed by atoms with Crippen molar-refractivity contribution in [2.75, 3.05) is 46.3 Å². The molecule has 3 aromatic rings. The Morgan fingerprint density at radius 3 is 2.50 bits per heavy atom. The van der Waals surface area contributed by atoms with Crippen LogP contribution in [0.2, 0.25) is 0 Å². The predicted molar refractivity (Wildman–Crippen MR) is 143 cm³/mol. The van der Waals surface area contributed by atoms with E-state index in [0.29, 0.717) is 55.5 Å². The van der Waals surface area contributed by atoms with E-state index in [4.69, 9.17) is 14.2 Å². The molecule has 40 heavy (non-hydrogen) atoms. The maximum absolute atomic E-state index is 13.7. The van der Waals surface area contributed by atoms with Crippen LogP contribution < -0.4 is 15.0 Å². The molecule has 13 heteroatoms. The molecule has 4 rings (SSSR count). The Hall–Kier alpha value is -3.58. The van der Waals surface area contributed by atoms with Gasteiger partial charge in [0.05, 0.1) is 39.7 Å². The molecular weight excluding hydrogens is 549 g/mol. The van der Waals surface area contributed by atoms with Gasteiger partial charge in [-0.15, -0.1) is 0 Å². The number of hydrogen-bond acceptors (Lipinski definition) is 8. The number of carbonyl (C=O) groups excluding carboxylic acids is 1. The lowest BCUT2D eigenvalue weighted by Crippen LogP contribution is -2.40. The molecule has 9 nitrogen and oxygen atoms in total. The summed E-state index contributed by atoms with van der Waals surface area (Å²) in [6.07, 6.45) is -2.48. The standard InChI is InChI=1S/C27H29F3N4O5S/c1-37-21-7-5-18(14-22(21)38-2)16-34-17-19(6-8-25(34)36)20-15-23(27(28,29)30)32-26(31-20)40-13-3-4-24(35)33-9-11-39-12-10-33/h5-8,14-15,17H,3-4,9-13,16H2,1-2H3. The number of halogens is 3. The lowest BCUT2D eigenvalue weighted by molar-refractivity contribution is -0.141. The summed E-state index contributed by atoms with van der Waals surface area (Å²) >= 11 is 1.05. The van der Waals surface area contributed by atoms with E-state index < -0.39 is 11.9 Å². The number of pyridine rings is 1. The number of morpholine rings is 1. The fourth-order valence-corrected chi connectivity index (χ4v) is 4.92. The fraction of sp³-hybridized carbons (Fsp3) is 0.407. The van der Waals surface area contributed by atoms with Gasteiger partial charge >= 0.3 is 6.18 Å². The van der Waals surface area contributed by atoms with Crippen molar-refractivity contribution < 1.29 is 32.2 Å². The molecule has 1 aliphatic heterocycles. The largest absolute Gasteiger partial charge is 0.493 e. The number of benzene rings is 1. The van der Waals surface area contributed by atoms with Gasteiger partial charge in [-0.2, -0.15) is 13.2 Å². The quantitative estimate of drug-likeness (QED) is 0.202. The van der Waals surface area contributed by atoms with Crippen LogP contribution in [0.25, 0.3) is 11.3 Å². The molecule has 0 N–H and O–H groups in total. The first-order valence-electron chi connectivity index (χ1n) is 12.5. The third-order valence-electron chi connectivity index (χ3n) is 6.21. The van der Waals surface area contributed by atoms with Crippen LogP contribution in [-0.2, 0) is 22.3 Å². The Balaban J connectivity index is 1.52. The van der Waals surface area contributed by atoms with Crippen molar-refractivity contribution >= 4 is 17.7 Å². The second-order valence-corrected chi connectivity index (χ2v) is 10.00. The normalized spacial score (nSPS) is 13.8. The van der Waals surface area contributed by atoms with Crippen molar-refractivity contribution in [2.24, 2.45) is 0 Å². The van der Waals surface area contributed by atoms with Gasteiger partial charge in [0.15, 0.2) is 16.7 Å². The van der Waals surface area contributed by atoms with Crippen molar-refractivity contribution in [2.45, 2.75) is 30.7 Å². The minimum atomic E-state index is -4.69. The van der Waals surface area contributed by atoms with E-state index in [1.807, 2.05) is 0 Å². The third kappa shape index (κ3) is 7.54. The smallest absolute Gasteiger partial charge is 0.433 e. The van der Waals surface area contributed by atoms with E-state index in [1.165, 1.54) is 37.1 Å². The molecule has 0 bridgehead atoms. The lowest BCUT2D eigenvalue weighted by atomic mass is 10.1. The molecule has 0 aliphatic carbocycles.